The lowest BCUT2D eigenvalue weighted by molar-refractivity contribution is -0.123. The molecule has 4 nitrogen and oxygen atoms in total. The third kappa shape index (κ3) is 3.36. The van der Waals surface area contributed by atoms with Crippen LogP contribution in [0.2, 0.25) is 0 Å². The molecule has 1 aliphatic carbocycles. The van der Waals surface area contributed by atoms with Crippen LogP contribution in [0.25, 0.3) is 0 Å². The SMILES string of the molecule is O=C(Cc1ccccc1C(=O)O)NC1(c2ccc(Br)cc2)CCC1. The first-order valence-electron chi connectivity index (χ1n) is 7.88. The Labute approximate surface area is 149 Å². The maximum absolute atomic E-state index is 12.5. The summed E-state index contributed by atoms with van der Waals surface area (Å²) in [5.74, 6) is -1.16. The van der Waals surface area contributed by atoms with Crippen molar-refractivity contribution in [3.05, 3.63) is 69.7 Å². The Bertz CT molecular complexity index is 766. The van der Waals surface area contributed by atoms with E-state index in [9.17, 15) is 14.7 Å². The number of halogens is 1. The lowest BCUT2D eigenvalue weighted by Crippen LogP contribution is -2.51. The maximum atomic E-state index is 12.5. The van der Waals surface area contributed by atoms with Gasteiger partial charge in [0.15, 0.2) is 0 Å². The average Bonchev–Trinajstić information content (AvgIpc) is 2.52. The molecule has 3 rings (SSSR count). The molecule has 2 aromatic carbocycles. The van der Waals surface area contributed by atoms with E-state index in [1.807, 2.05) is 24.3 Å². The van der Waals surface area contributed by atoms with E-state index >= 15 is 0 Å². The number of benzene rings is 2. The van der Waals surface area contributed by atoms with E-state index in [0.29, 0.717) is 5.56 Å². The minimum Gasteiger partial charge on any atom is -0.478 e. The highest BCUT2D eigenvalue weighted by molar-refractivity contribution is 9.10. The van der Waals surface area contributed by atoms with Crippen molar-refractivity contribution in [1.82, 2.24) is 5.32 Å². The van der Waals surface area contributed by atoms with Gasteiger partial charge < -0.3 is 10.4 Å². The molecule has 124 valence electrons. The van der Waals surface area contributed by atoms with Gasteiger partial charge in [-0.2, -0.15) is 0 Å². The molecule has 0 spiro atoms. The number of carbonyl (C=O) groups is 2. The summed E-state index contributed by atoms with van der Waals surface area (Å²) < 4.78 is 1.00. The molecule has 1 saturated carbocycles. The first kappa shape index (κ1) is 16.7. The second-order valence-corrected chi connectivity index (χ2v) is 7.05. The number of rotatable bonds is 5. The van der Waals surface area contributed by atoms with Crippen LogP contribution in [0, 0.1) is 0 Å². The third-order valence-corrected chi connectivity index (χ3v) is 5.11. The molecule has 1 amide bonds. The van der Waals surface area contributed by atoms with Gasteiger partial charge in [-0.1, -0.05) is 46.3 Å². The van der Waals surface area contributed by atoms with Crippen molar-refractivity contribution < 1.29 is 14.7 Å². The molecule has 0 aliphatic heterocycles. The summed E-state index contributed by atoms with van der Waals surface area (Å²) in [7, 11) is 0. The molecule has 5 heteroatoms. The van der Waals surface area contributed by atoms with Crippen LogP contribution in [0.4, 0.5) is 0 Å². The van der Waals surface area contributed by atoms with Crippen LogP contribution in [0.1, 0.15) is 40.7 Å². The molecule has 1 aliphatic rings. The summed E-state index contributed by atoms with van der Waals surface area (Å²) in [6.45, 7) is 0. The van der Waals surface area contributed by atoms with Crippen molar-refractivity contribution in [2.24, 2.45) is 0 Å². The molecule has 2 N–H and O–H groups in total. The van der Waals surface area contributed by atoms with E-state index in [-0.39, 0.29) is 23.4 Å². The predicted molar refractivity (Wildman–Crippen MR) is 94.9 cm³/mol. The number of aromatic carboxylic acids is 1. The molecule has 1 fully saturated rings. The molecule has 0 unspecified atom stereocenters. The summed E-state index contributed by atoms with van der Waals surface area (Å²) in [6, 6.07) is 14.6. The van der Waals surface area contributed by atoms with Crippen LogP contribution in [-0.4, -0.2) is 17.0 Å². The lowest BCUT2D eigenvalue weighted by atomic mass is 9.71. The van der Waals surface area contributed by atoms with E-state index in [1.54, 1.807) is 18.2 Å². The molecule has 24 heavy (non-hydrogen) atoms. The minimum absolute atomic E-state index is 0.0702. The highest BCUT2D eigenvalue weighted by Gasteiger charge is 2.39. The van der Waals surface area contributed by atoms with E-state index < -0.39 is 5.97 Å². The Morgan fingerprint density at radius 1 is 1.08 bits per heavy atom. The van der Waals surface area contributed by atoms with Crippen molar-refractivity contribution in [2.45, 2.75) is 31.2 Å². The van der Waals surface area contributed by atoms with Gasteiger partial charge in [0, 0.05) is 4.47 Å². The van der Waals surface area contributed by atoms with Gasteiger partial charge in [-0.05, 0) is 48.6 Å². The first-order valence-corrected chi connectivity index (χ1v) is 8.68. The van der Waals surface area contributed by atoms with E-state index in [0.717, 1.165) is 29.3 Å². The van der Waals surface area contributed by atoms with Crippen molar-refractivity contribution >= 4 is 27.8 Å². The normalized spacial score (nSPS) is 15.4. The standard InChI is InChI=1S/C19H18BrNO3/c20-15-8-6-14(7-9-15)19(10-3-11-19)21-17(22)12-13-4-1-2-5-16(13)18(23)24/h1-2,4-9H,3,10-12H2,(H,21,22)(H,23,24). The highest BCUT2D eigenvalue weighted by atomic mass is 79.9. The summed E-state index contributed by atoms with van der Waals surface area (Å²) in [5, 5.41) is 12.4. The van der Waals surface area contributed by atoms with Gasteiger partial charge in [-0.3, -0.25) is 4.79 Å². The van der Waals surface area contributed by atoms with Gasteiger partial charge in [0.25, 0.3) is 0 Å². The predicted octanol–water partition coefficient (Wildman–Crippen LogP) is 3.89. The van der Waals surface area contributed by atoms with Gasteiger partial charge in [0.05, 0.1) is 17.5 Å². The number of carboxylic acid groups (broad SMARTS) is 1. The lowest BCUT2D eigenvalue weighted by Gasteiger charge is -2.43. The number of hydrogen-bond donors (Lipinski definition) is 2. The Morgan fingerprint density at radius 2 is 1.75 bits per heavy atom. The van der Waals surface area contributed by atoms with Crippen molar-refractivity contribution in [2.75, 3.05) is 0 Å². The first-order chi connectivity index (χ1) is 11.5. The summed E-state index contributed by atoms with van der Waals surface area (Å²) in [6.07, 6.45) is 2.95. The quantitative estimate of drug-likeness (QED) is 0.817. The number of hydrogen-bond acceptors (Lipinski definition) is 2. The van der Waals surface area contributed by atoms with Gasteiger partial charge in [-0.15, -0.1) is 0 Å². The fourth-order valence-electron chi connectivity index (χ4n) is 3.15. The van der Waals surface area contributed by atoms with Gasteiger partial charge in [-0.25, -0.2) is 4.79 Å². The molecule has 0 aromatic heterocycles. The van der Waals surface area contributed by atoms with Gasteiger partial charge in [0.1, 0.15) is 0 Å². The number of amides is 1. The van der Waals surface area contributed by atoms with Crippen LogP contribution in [-0.2, 0) is 16.8 Å². The zero-order chi connectivity index (χ0) is 17.2. The topological polar surface area (TPSA) is 66.4 Å². The van der Waals surface area contributed by atoms with Crippen molar-refractivity contribution in [1.29, 1.82) is 0 Å². The second kappa shape index (κ2) is 6.77. The fourth-order valence-corrected chi connectivity index (χ4v) is 3.42. The molecule has 0 bridgehead atoms. The fraction of sp³-hybridized carbons (Fsp3) is 0.263. The Morgan fingerprint density at radius 3 is 2.33 bits per heavy atom. The molecule has 0 saturated heterocycles. The van der Waals surface area contributed by atoms with Crippen LogP contribution in [0.3, 0.4) is 0 Å². The van der Waals surface area contributed by atoms with Crippen LogP contribution < -0.4 is 5.32 Å². The van der Waals surface area contributed by atoms with Crippen LogP contribution in [0.15, 0.2) is 53.0 Å². The zero-order valence-corrected chi connectivity index (χ0v) is 14.7. The molecule has 0 atom stereocenters. The molecular formula is C19H18BrNO3. The number of nitrogens with one attached hydrogen (secondary N) is 1. The second-order valence-electron chi connectivity index (χ2n) is 6.13. The van der Waals surface area contributed by atoms with E-state index in [1.165, 1.54) is 6.07 Å². The average molecular weight is 388 g/mol. The van der Waals surface area contributed by atoms with Crippen LogP contribution in [0.5, 0.6) is 0 Å². The third-order valence-electron chi connectivity index (χ3n) is 4.58. The monoisotopic (exact) mass is 387 g/mol. The minimum atomic E-state index is -1.01. The van der Waals surface area contributed by atoms with Crippen molar-refractivity contribution in [3.63, 3.8) is 0 Å². The van der Waals surface area contributed by atoms with Crippen LogP contribution >= 0.6 is 15.9 Å². The largest absolute Gasteiger partial charge is 0.478 e. The van der Waals surface area contributed by atoms with Gasteiger partial charge in [0.2, 0.25) is 5.91 Å². The molecule has 2 aromatic rings. The Kier molecular flexibility index (Phi) is 4.71. The van der Waals surface area contributed by atoms with E-state index in [4.69, 9.17) is 0 Å². The van der Waals surface area contributed by atoms with Crippen molar-refractivity contribution in [3.8, 4) is 0 Å². The number of carboxylic acids is 1. The van der Waals surface area contributed by atoms with Gasteiger partial charge >= 0.3 is 5.97 Å². The summed E-state index contributed by atoms with van der Waals surface area (Å²) >= 11 is 3.43. The maximum Gasteiger partial charge on any atom is 0.335 e. The highest BCUT2D eigenvalue weighted by Crippen LogP contribution is 2.41. The Balaban J connectivity index is 1.76. The molecule has 0 heterocycles. The smallest absolute Gasteiger partial charge is 0.335 e. The zero-order valence-electron chi connectivity index (χ0n) is 13.1. The molecule has 0 radical (unpaired) electrons. The number of carbonyl (C=O) groups excluding carboxylic acids is 1. The molecular weight excluding hydrogens is 370 g/mol. The van der Waals surface area contributed by atoms with E-state index in [2.05, 4.69) is 21.2 Å². The summed E-state index contributed by atoms with van der Waals surface area (Å²) in [5.41, 5.74) is 1.49. The Hall–Kier alpha value is -2.14. The summed E-state index contributed by atoms with van der Waals surface area (Å²) in [4.78, 5) is 23.8.